The highest BCUT2D eigenvalue weighted by atomic mass is 16.1. The summed E-state index contributed by atoms with van der Waals surface area (Å²) in [6, 6.07) is -0.347. The lowest BCUT2D eigenvalue weighted by Crippen LogP contribution is -2.43. The Bertz CT molecular complexity index is 211. The molecule has 3 heteroatoms. The summed E-state index contributed by atoms with van der Waals surface area (Å²) in [6.45, 7) is 12.8. The van der Waals surface area contributed by atoms with Crippen LogP contribution in [0.1, 0.15) is 48.0 Å². The first-order valence-corrected chi connectivity index (χ1v) is 5.59. The molecular formula is C12H26N2O. The monoisotopic (exact) mass is 214 g/mol. The summed E-state index contributed by atoms with van der Waals surface area (Å²) in [5.74, 6) is 0.137. The topological polar surface area (TPSA) is 55.1 Å². The molecule has 0 saturated heterocycles. The lowest BCUT2D eigenvalue weighted by molar-refractivity contribution is -0.127. The van der Waals surface area contributed by atoms with Crippen molar-refractivity contribution in [3.63, 3.8) is 0 Å². The molecular weight excluding hydrogens is 188 g/mol. The van der Waals surface area contributed by atoms with Gasteiger partial charge in [0.1, 0.15) is 0 Å². The van der Waals surface area contributed by atoms with Gasteiger partial charge in [-0.3, -0.25) is 4.79 Å². The van der Waals surface area contributed by atoms with Gasteiger partial charge in [0.05, 0.1) is 6.04 Å². The molecule has 0 radical (unpaired) electrons. The van der Waals surface area contributed by atoms with Gasteiger partial charge in [-0.1, -0.05) is 20.8 Å². The minimum absolute atomic E-state index is 0.0878. The van der Waals surface area contributed by atoms with Gasteiger partial charge in [0.15, 0.2) is 5.78 Å². The summed E-state index contributed by atoms with van der Waals surface area (Å²) in [4.78, 5) is 11.8. The van der Waals surface area contributed by atoms with Gasteiger partial charge in [-0.15, -0.1) is 0 Å². The Hall–Kier alpha value is -0.410. The van der Waals surface area contributed by atoms with Crippen LogP contribution in [0.3, 0.4) is 0 Å². The van der Waals surface area contributed by atoms with Gasteiger partial charge >= 0.3 is 0 Å². The number of hydrogen-bond acceptors (Lipinski definition) is 3. The zero-order valence-corrected chi connectivity index (χ0v) is 11.0. The van der Waals surface area contributed by atoms with Gasteiger partial charge in [-0.25, -0.2) is 0 Å². The molecule has 1 atom stereocenters. The summed E-state index contributed by atoms with van der Waals surface area (Å²) in [6.07, 6.45) is 0.702. The van der Waals surface area contributed by atoms with Crippen molar-refractivity contribution in [1.82, 2.24) is 5.32 Å². The third-order valence-electron chi connectivity index (χ3n) is 2.19. The predicted octanol–water partition coefficient (Wildman–Crippen LogP) is 1.71. The number of nitrogens with one attached hydrogen (secondary N) is 1. The highest BCUT2D eigenvalue weighted by Crippen LogP contribution is 2.17. The van der Waals surface area contributed by atoms with E-state index >= 15 is 0 Å². The number of hydrogen-bond donors (Lipinski definition) is 2. The molecule has 3 nitrogen and oxygen atoms in total. The van der Waals surface area contributed by atoms with Crippen molar-refractivity contribution in [2.24, 2.45) is 11.1 Å². The van der Waals surface area contributed by atoms with E-state index in [1.807, 2.05) is 20.8 Å². The molecule has 0 bridgehead atoms. The molecule has 90 valence electrons. The van der Waals surface area contributed by atoms with E-state index in [9.17, 15) is 4.79 Å². The van der Waals surface area contributed by atoms with E-state index in [-0.39, 0.29) is 22.8 Å². The summed E-state index contributed by atoms with van der Waals surface area (Å²) in [7, 11) is 0. The van der Waals surface area contributed by atoms with E-state index in [0.29, 0.717) is 6.42 Å². The largest absolute Gasteiger partial charge is 0.321 e. The fourth-order valence-corrected chi connectivity index (χ4v) is 1.29. The molecule has 0 unspecified atom stereocenters. The van der Waals surface area contributed by atoms with Gasteiger partial charge in [0.2, 0.25) is 0 Å². The van der Waals surface area contributed by atoms with Crippen LogP contribution in [-0.4, -0.2) is 23.9 Å². The zero-order chi connectivity index (χ0) is 12.3. The minimum atomic E-state index is -0.347. The number of ketones is 1. The van der Waals surface area contributed by atoms with Crippen LogP contribution in [0.4, 0.5) is 0 Å². The van der Waals surface area contributed by atoms with Crippen molar-refractivity contribution < 1.29 is 4.79 Å². The number of Topliss-reactive ketones (excluding diaryl/α,β-unsaturated/α-hetero) is 1. The summed E-state index contributed by atoms with van der Waals surface area (Å²) in [5, 5.41) is 3.33. The third-order valence-corrected chi connectivity index (χ3v) is 2.19. The van der Waals surface area contributed by atoms with E-state index in [0.717, 1.165) is 6.54 Å². The molecule has 0 rings (SSSR count). The normalized spacial score (nSPS) is 15.1. The Kier molecular flexibility index (Phi) is 4.94. The molecule has 0 aromatic heterocycles. The summed E-state index contributed by atoms with van der Waals surface area (Å²) >= 11 is 0. The maximum Gasteiger partial charge on any atom is 0.154 e. The molecule has 0 amide bonds. The second-order valence-corrected chi connectivity index (χ2v) is 6.19. The van der Waals surface area contributed by atoms with Crippen molar-refractivity contribution in [3.05, 3.63) is 0 Å². The number of carbonyl (C=O) groups is 1. The smallest absolute Gasteiger partial charge is 0.154 e. The quantitative estimate of drug-likeness (QED) is 0.749. The van der Waals surface area contributed by atoms with Crippen LogP contribution in [0.2, 0.25) is 0 Å². The van der Waals surface area contributed by atoms with Crippen molar-refractivity contribution in [2.45, 2.75) is 59.5 Å². The molecule has 0 heterocycles. The molecule has 0 aliphatic rings. The second-order valence-electron chi connectivity index (χ2n) is 6.19. The molecule has 0 saturated carbocycles. The molecule has 0 aliphatic carbocycles. The fraction of sp³-hybridized carbons (Fsp3) is 0.917. The average molecular weight is 214 g/mol. The van der Waals surface area contributed by atoms with Crippen molar-refractivity contribution in [2.75, 3.05) is 6.54 Å². The first-order chi connectivity index (χ1) is 6.54. The van der Waals surface area contributed by atoms with Crippen LogP contribution in [0.5, 0.6) is 0 Å². The Morgan fingerprint density at radius 3 is 2.00 bits per heavy atom. The van der Waals surface area contributed by atoms with Crippen molar-refractivity contribution in [1.29, 1.82) is 0 Å². The first kappa shape index (κ1) is 14.6. The Morgan fingerprint density at radius 1 is 1.20 bits per heavy atom. The van der Waals surface area contributed by atoms with Gasteiger partial charge in [0.25, 0.3) is 0 Å². The molecule has 15 heavy (non-hydrogen) atoms. The molecule has 0 aliphatic heterocycles. The first-order valence-electron chi connectivity index (χ1n) is 5.59. The van der Waals surface area contributed by atoms with E-state index in [4.69, 9.17) is 5.73 Å². The summed E-state index contributed by atoms with van der Waals surface area (Å²) < 4.78 is 0. The number of rotatable bonds is 4. The molecule has 0 aromatic carbocycles. The Morgan fingerprint density at radius 2 is 1.67 bits per heavy atom. The SMILES string of the molecule is CC(C)(C)NCC[C@@H](N)C(=O)C(C)(C)C. The maximum atomic E-state index is 11.8. The van der Waals surface area contributed by atoms with Gasteiger partial charge in [-0.2, -0.15) is 0 Å². The van der Waals surface area contributed by atoms with Gasteiger partial charge in [0, 0.05) is 11.0 Å². The molecule has 0 fully saturated rings. The lowest BCUT2D eigenvalue weighted by atomic mass is 9.85. The fourth-order valence-electron chi connectivity index (χ4n) is 1.29. The van der Waals surface area contributed by atoms with E-state index in [1.165, 1.54) is 0 Å². The zero-order valence-electron chi connectivity index (χ0n) is 11.0. The van der Waals surface area contributed by atoms with Crippen LogP contribution in [0.15, 0.2) is 0 Å². The van der Waals surface area contributed by atoms with Gasteiger partial charge < -0.3 is 11.1 Å². The predicted molar refractivity (Wildman–Crippen MR) is 64.8 cm³/mol. The number of carbonyl (C=O) groups excluding carboxylic acids is 1. The van der Waals surface area contributed by atoms with Crippen LogP contribution in [0.25, 0.3) is 0 Å². The minimum Gasteiger partial charge on any atom is -0.321 e. The second kappa shape index (κ2) is 5.08. The van der Waals surface area contributed by atoms with Gasteiger partial charge in [-0.05, 0) is 33.7 Å². The van der Waals surface area contributed by atoms with Crippen LogP contribution >= 0.6 is 0 Å². The van der Waals surface area contributed by atoms with Crippen molar-refractivity contribution >= 4 is 5.78 Å². The van der Waals surface area contributed by atoms with Crippen LogP contribution < -0.4 is 11.1 Å². The third kappa shape index (κ3) is 6.63. The van der Waals surface area contributed by atoms with Crippen LogP contribution in [0, 0.1) is 5.41 Å². The van der Waals surface area contributed by atoms with E-state index in [2.05, 4.69) is 26.1 Å². The number of nitrogens with two attached hydrogens (primary N) is 1. The lowest BCUT2D eigenvalue weighted by Gasteiger charge is -2.24. The van der Waals surface area contributed by atoms with E-state index < -0.39 is 0 Å². The molecule has 0 aromatic rings. The van der Waals surface area contributed by atoms with E-state index in [1.54, 1.807) is 0 Å². The van der Waals surface area contributed by atoms with Crippen molar-refractivity contribution in [3.8, 4) is 0 Å². The highest BCUT2D eigenvalue weighted by molar-refractivity contribution is 5.88. The standard InChI is InChI=1S/C12H26N2O/c1-11(2,3)10(15)9(13)7-8-14-12(4,5)6/h9,14H,7-8,13H2,1-6H3/t9-/m1/s1. The highest BCUT2D eigenvalue weighted by Gasteiger charge is 2.26. The molecule has 0 spiro atoms. The van der Waals surface area contributed by atoms with Crippen LogP contribution in [-0.2, 0) is 4.79 Å². The Balaban J connectivity index is 3.96. The maximum absolute atomic E-state index is 11.8. The Labute approximate surface area is 93.8 Å². The molecule has 3 N–H and O–H groups in total. The summed E-state index contributed by atoms with van der Waals surface area (Å²) in [5.41, 5.74) is 5.60. The average Bonchev–Trinajstić information content (AvgIpc) is 1.98.